The maximum absolute atomic E-state index is 12.6. The summed E-state index contributed by atoms with van der Waals surface area (Å²) < 4.78 is 5.52. The molecule has 2 amide bonds. The Morgan fingerprint density at radius 1 is 1.29 bits per heavy atom. The van der Waals surface area contributed by atoms with Crippen molar-refractivity contribution in [1.29, 1.82) is 5.26 Å². The Kier molecular flexibility index (Phi) is 4.17. The van der Waals surface area contributed by atoms with Gasteiger partial charge in [-0.2, -0.15) is 5.26 Å². The molecule has 2 aromatic rings. The van der Waals surface area contributed by atoms with Gasteiger partial charge in [-0.05, 0) is 36.8 Å². The molecule has 0 aliphatic carbocycles. The lowest BCUT2D eigenvalue weighted by Crippen LogP contribution is -2.37. The molecule has 6 nitrogen and oxygen atoms in total. The van der Waals surface area contributed by atoms with E-state index in [-0.39, 0.29) is 18.4 Å². The second-order valence-electron chi connectivity index (χ2n) is 5.46. The van der Waals surface area contributed by atoms with Crippen molar-refractivity contribution in [2.24, 2.45) is 0 Å². The molecule has 1 aliphatic heterocycles. The van der Waals surface area contributed by atoms with E-state index in [2.05, 4.69) is 10.6 Å². The second-order valence-corrected chi connectivity index (χ2v) is 5.46. The van der Waals surface area contributed by atoms with Gasteiger partial charge in [0.05, 0.1) is 11.6 Å². The smallest absolute Gasteiger partial charge is 0.258 e. The lowest BCUT2D eigenvalue weighted by molar-refractivity contribution is -0.127. The number of nitrogens with zero attached hydrogens (tertiary/aromatic N) is 1. The van der Waals surface area contributed by atoms with Crippen molar-refractivity contribution in [3.63, 3.8) is 0 Å². The molecule has 0 bridgehead atoms. The fourth-order valence-electron chi connectivity index (χ4n) is 2.57. The SMILES string of the molecule is Cc1cccc2c1OCC(=O)NC2C(=O)Nc1ccc(C#N)cc1. The summed E-state index contributed by atoms with van der Waals surface area (Å²) in [5.74, 6) is -0.174. The summed E-state index contributed by atoms with van der Waals surface area (Å²) in [6.45, 7) is 1.74. The molecule has 3 rings (SSSR count). The molecule has 0 saturated carbocycles. The number of hydrogen-bond acceptors (Lipinski definition) is 4. The van der Waals surface area contributed by atoms with Gasteiger partial charge in [-0.1, -0.05) is 18.2 Å². The van der Waals surface area contributed by atoms with Crippen LogP contribution in [0.2, 0.25) is 0 Å². The van der Waals surface area contributed by atoms with Crippen LogP contribution in [0.3, 0.4) is 0 Å². The van der Waals surface area contributed by atoms with Crippen LogP contribution in [0, 0.1) is 18.3 Å². The molecule has 0 spiro atoms. The third-order valence-corrected chi connectivity index (χ3v) is 3.75. The standard InChI is InChI=1S/C18H15N3O3/c1-11-3-2-4-14-16(21-15(22)10-24-17(11)14)18(23)20-13-7-5-12(9-19)6-8-13/h2-8,16H,10H2,1H3,(H,20,23)(H,21,22). The molecular weight excluding hydrogens is 306 g/mol. The number of carbonyl (C=O) groups excluding carboxylic acids is 2. The third-order valence-electron chi connectivity index (χ3n) is 3.75. The van der Waals surface area contributed by atoms with Gasteiger partial charge in [-0.25, -0.2) is 0 Å². The van der Waals surface area contributed by atoms with Crippen LogP contribution in [0.5, 0.6) is 5.75 Å². The first kappa shape index (κ1) is 15.6. The summed E-state index contributed by atoms with van der Waals surface area (Å²) in [6, 6.07) is 13.1. The number of aryl methyl sites for hydroxylation is 1. The minimum atomic E-state index is -0.842. The molecule has 0 fully saturated rings. The predicted octanol–water partition coefficient (Wildman–Crippen LogP) is 2.06. The van der Waals surface area contributed by atoms with Crippen LogP contribution in [0.25, 0.3) is 0 Å². The number of nitriles is 1. The zero-order chi connectivity index (χ0) is 17.1. The molecule has 2 aromatic carbocycles. The number of nitrogens with one attached hydrogen (secondary N) is 2. The molecule has 1 unspecified atom stereocenters. The summed E-state index contributed by atoms with van der Waals surface area (Å²) in [5, 5.41) is 14.2. The summed E-state index contributed by atoms with van der Waals surface area (Å²) in [5.41, 5.74) is 2.53. The zero-order valence-electron chi connectivity index (χ0n) is 13.0. The van der Waals surface area contributed by atoms with Crippen LogP contribution >= 0.6 is 0 Å². The van der Waals surface area contributed by atoms with E-state index in [1.54, 1.807) is 30.3 Å². The number of benzene rings is 2. The Hall–Kier alpha value is -3.33. The van der Waals surface area contributed by atoms with Gasteiger partial charge in [-0.3, -0.25) is 9.59 Å². The number of anilines is 1. The zero-order valence-corrected chi connectivity index (χ0v) is 13.0. The van der Waals surface area contributed by atoms with Crippen molar-refractivity contribution in [3.05, 3.63) is 59.2 Å². The Bertz CT molecular complexity index is 838. The number of ether oxygens (including phenoxy) is 1. The molecular formula is C18H15N3O3. The van der Waals surface area contributed by atoms with Gasteiger partial charge < -0.3 is 15.4 Å². The molecule has 0 saturated heterocycles. The number of para-hydroxylation sites is 1. The highest BCUT2D eigenvalue weighted by Gasteiger charge is 2.29. The largest absolute Gasteiger partial charge is 0.483 e. The van der Waals surface area contributed by atoms with Crippen LogP contribution in [0.15, 0.2) is 42.5 Å². The number of rotatable bonds is 2. The molecule has 24 heavy (non-hydrogen) atoms. The van der Waals surface area contributed by atoms with Crippen LogP contribution in [-0.4, -0.2) is 18.4 Å². The lowest BCUT2D eigenvalue weighted by atomic mass is 10.0. The first-order valence-corrected chi connectivity index (χ1v) is 7.41. The number of fused-ring (bicyclic) bond motifs is 1. The first-order valence-electron chi connectivity index (χ1n) is 7.41. The van der Waals surface area contributed by atoms with Gasteiger partial charge in [0.25, 0.3) is 11.8 Å². The quantitative estimate of drug-likeness (QED) is 0.885. The minimum absolute atomic E-state index is 0.126. The summed E-state index contributed by atoms with van der Waals surface area (Å²) in [6.07, 6.45) is 0. The van der Waals surface area contributed by atoms with Crippen LogP contribution in [0.1, 0.15) is 22.7 Å². The van der Waals surface area contributed by atoms with Crippen LogP contribution in [0.4, 0.5) is 5.69 Å². The first-order chi connectivity index (χ1) is 11.6. The van der Waals surface area contributed by atoms with E-state index in [0.717, 1.165) is 5.56 Å². The highest BCUT2D eigenvalue weighted by Crippen LogP contribution is 2.31. The summed E-state index contributed by atoms with van der Waals surface area (Å²) in [7, 11) is 0. The van der Waals surface area contributed by atoms with Crippen molar-refractivity contribution in [2.75, 3.05) is 11.9 Å². The Labute approximate surface area is 139 Å². The monoisotopic (exact) mass is 321 g/mol. The molecule has 0 radical (unpaired) electrons. The number of carbonyl (C=O) groups is 2. The molecule has 0 aromatic heterocycles. The average Bonchev–Trinajstić information content (AvgIpc) is 2.76. The average molecular weight is 321 g/mol. The van der Waals surface area contributed by atoms with Gasteiger partial charge in [0, 0.05) is 11.3 Å². The topological polar surface area (TPSA) is 91.2 Å². The number of amides is 2. The van der Waals surface area contributed by atoms with E-state index < -0.39 is 6.04 Å². The van der Waals surface area contributed by atoms with Crippen LogP contribution < -0.4 is 15.4 Å². The maximum Gasteiger partial charge on any atom is 0.258 e. The van der Waals surface area contributed by atoms with Crippen molar-refractivity contribution in [2.45, 2.75) is 13.0 Å². The number of hydrogen-bond donors (Lipinski definition) is 2. The van der Waals surface area contributed by atoms with Gasteiger partial charge in [-0.15, -0.1) is 0 Å². The van der Waals surface area contributed by atoms with E-state index in [0.29, 0.717) is 22.6 Å². The lowest BCUT2D eigenvalue weighted by Gasteiger charge is -2.18. The van der Waals surface area contributed by atoms with E-state index in [9.17, 15) is 9.59 Å². The highest BCUT2D eigenvalue weighted by atomic mass is 16.5. The van der Waals surface area contributed by atoms with Crippen molar-refractivity contribution in [3.8, 4) is 11.8 Å². The van der Waals surface area contributed by atoms with E-state index in [1.165, 1.54) is 0 Å². The van der Waals surface area contributed by atoms with E-state index in [4.69, 9.17) is 10.00 Å². The Morgan fingerprint density at radius 2 is 2.04 bits per heavy atom. The minimum Gasteiger partial charge on any atom is -0.483 e. The van der Waals surface area contributed by atoms with Gasteiger partial charge in [0.2, 0.25) is 0 Å². The molecule has 120 valence electrons. The Balaban J connectivity index is 1.89. The van der Waals surface area contributed by atoms with Crippen LogP contribution in [-0.2, 0) is 9.59 Å². The second kappa shape index (κ2) is 6.42. The summed E-state index contributed by atoms with van der Waals surface area (Å²) in [4.78, 5) is 24.5. The molecule has 6 heteroatoms. The fraction of sp³-hybridized carbons (Fsp3) is 0.167. The third kappa shape index (κ3) is 3.06. The maximum atomic E-state index is 12.6. The van der Waals surface area contributed by atoms with Gasteiger partial charge in [0.15, 0.2) is 6.61 Å². The van der Waals surface area contributed by atoms with E-state index in [1.807, 2.05) is 25.1 Å². The fourth-order valence-corrected chi connectivity index (χ4v) is 2.57. The van der Waals surface area contributed by atoms with E-state index >= 15 is 0 Å². The molecule has 2 N–H and O–H groups in total. The Morgan fingerprint density at radius 3 is 2.75 bits per heavy atom. The summed E-state index contributed by atoms with van der Waals surface area (Å²) >= 11 is 0. The van der Waals surface area contributed by atoms with Crippen molar-refractivity contribution < 1.29 is 14.3 Å². The molecule has 1 heterocycles. The van der Waals surface area contributed by atoms with Gasteiger partial charge >= 0.3 is 0 Å². The van der Waals surface area contributed by atoms with Crippen molar-refractivity contribution >= 4 is 17.5 Å². The molecule has 1 atom stereocenters. The molecule has 1 aliphatic rings. The van der Waals surface area contributed by atoms with Crippen molar-refractivity contribution in [1.82, 2.24) is 5.32 Å². The predicted molar refractivity (Wildman–Crippen MR) is 87.3 cm³/mol. The van der Waals surface area contributed by atoms with Gasteiger partial charge in [0.1, 0.15) is 11.8 Å². The normalized spacial score (nSPS) is 16.0. The highest BCUT2D eigenvalue weighted by molar-refractivity contribution is 5.99.